The van der Waals surface area contributed by atoms with Gasteiger partial charge >= 0.3 is 0 Å². The van der Waals surface area contributed by atoms with Gasteiger partial charge in [-0.25, -0.2) is 9.97 Å². The minimum Gasteiger partial charge on any atom is -0.342 e. The van der Waals surface area contributed by atoms with E-state index in [0.717, 1.165) is 63.2 Å². The first-order valence-corrected chi connectivity index (χ1v) is 12.4. The van der Waals surface area contributed by atoms with E-state index in [1.165, 1.54) is 0 Å². The number of carbonyl (C=O) groups excluding carboxylic acids is 1. The third-order valence-electron chi connectivity index (χ3n) is 5.66. The number of nitrogens with zero attached hydrogens (tertiary/aromatic N) is 3. The highest BCUT2D eigenvalue weighted by Crippen LogP contribution is 2.28. The smallest absolute Gasteiger partial charge is 0.253 e. The summed E-state index contributed by atoms with van der Waals surface area (Å²) in [6, 6.07) is 16.1. The molecule has 5 nitrogen and oxygen atoms in total. The average molecular weight is 449 g/mol. The second kappa shape index (κ2) is 8.85. The van der Waals surface area contributed by atoms with Crippen LogP contribution in [0.2, 0.25) is 0 Å². The lowest BCUT2D eigenvalue weighted by Gasteiger charge is -2.32. The minimum absolute atomic E-state index is 0.104. The highest BCUT2D eigenvalue weighted by molar-refractivity contribution is 7.98. The molecule has 1 fully saturated rings. The Morgan fingerprint density at radius 1 is 1.19 bits per heavy atom. The molecule has 0 radical (unpaired) electrons. The summed E-state index contributed by atoms with van der Waals surface area (Å²) in [7, 11) is 0. The lowest BCUT2D eigenvalue weighted by molar-refractivity contribution is 0.0705. The van der Waals surface area contributed by atoms with Gasteiger partial charge in [0.25, 0.3) is 5.91 Å². The van der Waals surface area contributed by atoms with Gasteiger partial charge in [0.15, 0.2) is 0 Å². The number of thiazole rings is 1. The molecule has 0 saturated carbocycles. The Labute approximate surface area is 189 Å². The summed E-state index contributed by atoms with van der Waals surface area (Å²) >= 11 is 3.43. The normalized spacial score (nSPS) is 16.7. The van der Waals surface area contributed by atoms with Gasteiger partial charge < -0.3 is 9.88 Å². The summed E-state index contributed by atoms with van der Waals surface area (Å²) in [6.07, 6.45) is 2.05. The van der Waals surface area contributed by atoms with E-state index >= 15 is 0 Å². The number of aromatic nitrogens is 3. The van der Waals surface area contributed by atoms with Crippen LogP contribution in [-0.2, 0) is 5.75 Å². The number of fused-ring (bicyclic) bond motifs is 1. The summed E-state index contributed by atoms with van der Waals surface area (Å²) in [5.74, 6) is 2.19. The molecule has 7 heteroatoms. The van der Waals surface area contributed by atoms with Gasteiger partial charge in [0.05, 0.1) is 21.7 Å². The van der Waals surface area contributed by atoms with Gasteiger partial charge in [0.1, 0.15) is 5.82 Å². The van der Waals surface area contributed by atoms with Crippen molar-refractivity contribution >= 4 is 40.0 Å². The number of likely N-dealkylation sites (tertiary alicyclic amines) is 1. The minimum atomic E-state index is 0.104. The predicted molar refractivity (Wildman–Crippen MR) is 127 cm³/mol. The molecule has 0 aliphatic carbocycles. The number of thioether (sulfide) groups is 1. The van der Waals surface area contributed by atoms with Gasteiger partial charge in [-0.2, -0.15) is 0 Å². The molecule has 1 N–H and O–H groups in total. The number of rotatable bonds is 5. The zero-order chi connectivity index (χ0) is 21.2. The first-order chi connectivity index (χ1) is 15.2. The quantitative estimate of drug-likeness (QED) is 0.401. The van der Waals surface area contributed by atoms with Crippen molar-refractivity contribution in [2.75, 3.05) is 13.1 Å². The summed E-state index contributed by atoms with van der Waals surface area (Å²) in [5.41, 5.74) is 3.90. The van der Waals surface area contributed by atoms with Gasteiger partial charge in [-0.05, 0) is 56.2 Å². The molecule has 1 aliphatic heterocycles. The van der Waals surface area contributed by atoms with Gasteiger partial charge in [-0.3, -0.25) is 4.79 Å². The molecule has 5 rings (SSSR count). The van der Waals surface area contributed by atoms with Crippen LogP contribution in [0.4, 0.5) is 0 Å². The van der Waals surface area contributed by atoms with Crippen molar-refractivity contribution < 1.29 is 4.79 Å². The van der Waals surface area contributed by atoms with Gasteiger partial charge in [0.2, 0.25) is 0 Å². The molecule has 1 aliphatic rings. The lowest BCUT2D eigenvalue weighted by Crippen LogP contribution is -2.39. The molecular weight excluding hydrogens is 424 g/mol. The molecule has 2 aromatic heterocycles. The van der Waals surface area contributed by atoms with E-state index in [9.17, 15) is 4.79 Å². The Kier molecular flexibility index (Phi) is 5.78. The molecule has 1 unspecified atom stereocenters. The second-order valence-corrected chi connectivity index (χ2v) is 10.0. The van der Waals surface area contributed by atoms with Crippen LogP contribution < -0.4 is 0 Å². The molecule has 2 aromatic carbocycles. The molecule has 1 saturated heterocycles. The number of hydrogen-bond acceptors (Lipinski definition) is 5. The van der Waals surface area contributed by atoms with Crippen molar-refractivity contribution in [1.82, 2.24) is 19.9 Å². The van der Waals surface area contributed by atoms with Gasteiger partial charge in [-0.15, -0.1) is 23.1 Å². The summed E-state index contributed by atoms with van der Waals surface area (Å²) in [4.78, 5) is 29.0. The number of hydrogen-bond donors (Lipinski definition) is 1. The Morgan fingerprint density at radius 2 is 2.03 bits per heavy atom. The number of carbonyl (C=O) groups is 1. The van der Waals surface area contributed by atoms with E-state index < -0.39 is 0 Å². The van der Waals surface area contributed by atoms with Crippen LogP contribution in [0.3, 0.4) is 0 Å². The van der Waals surface area contributed by atoms with Gasteiger partial charge in [-0.1, -0.05) is 12.1 Å². The Balaban J connectivity index is 1.23. The first kappa shape index (κ1) is 20.3. The second-order valence-electron chi connectivity index (χ2n) is 7.90. The number of aryl methyl sites for hydroxylation is 1. The van der Waals surface area contributed by atoms with E-state index in [1.54, 1.807) is 23.1 Å². The largest absolute Gasteiger partial charge is 0.342 e. The predicted octanol–water partition coefficient (Wildman–Crippen LogP) is 5.64. The number of amides is 1. The monoisotopic (exact) mass is 448 g/mol. The van der Waals surface area contributed by atoms with Crippen LogP contribution in [-0.4, -0.2) is 38.8 Å². The molecule has 158 valence electrons. The van der Waals surface area contributed by atoms with Crippen LogP contribution in [0, 0.1) is 6.92 Å². The van der Waals surface area contributed by atoms with E-state index in [1.807, 2.05) is 60.4 Å². The molecule has 4 aromatic rings. The zero-order valence-electron chi connectivity index (χ0n) is 17.4. The van der Waals surface area contributed by atoms with Crippen LogP contribution in [0.5, 0.6) is 0 Å². The molecule has 31 heavy (non-hydrogen) atoms. The fourth-order valence-electron chi connectivity index (χ4n) is 4.06. The van der Waals surface area contributed by atoms with E-state index in [0.29, 0.717) is 6.54 Å². The third-order valence-corrected chi connectivity index (χ3v) is 7.53. The number of piperidine rings is 1. The number of nitrogens with one attached hydrogen (secondary N) is 1. The topological polar surface area (TPSA) is 61.9 Å². The number of imidazole rings is 1. The fraction of sp³-hybridized carbons (Fsp3) is 0.292. The molecule has 3 heterocycles. The number of para-hydroxylation sites is 2. The van der Waals surface area contributed by atoms with Crippen LogP contribution >= 0.6 is 23.1 Å². The lowest BCUT2D eigenvalue weighted by atomic mass is 9.96. The maximum absolute atomic E-state index is 13.1. The summed E-state index contributed by atoms with van der Waals surface area (Å²) in [6.45, 7) is 3.53. The molecular formula is C24H24N4OS2. The SMILES string of the molecule is Cc1nc(CSc2ccc(C(=O)N3CCCC(c4nc5ccccc5[nH]4)C3)cc2)cs1. The van der Waals surface area contributed by atoms with Crippen molar-refractivity contribution in [2.24, 2.45) is 0 Å². The van der Waals surface area contributed by atoms with Crippen molar-refractivity contribution in [3.8, 4) is 0 Å². The average Bonchev–Trinajstić information content (AvgIpc) is 3.43. The van der Waals surface area contributed by atoms with Crippen LogP contribution in [0.1, 0.15) is 45.6 Å². The Morgan fingerprint density at radius 3 is 2.81 bits per heavy atom. The van der Waals surface area contributed by atoms with E-state index in [4.69, 9.17) is 4.98 Å². The molecule has 0 spiro atoms. The fourth-order valence-corrected chi connectivity index (χ4v) is 5.57. The Hall–Kier alpha value is -2.64. The van der Waals surface area contributed by atoms with Crippen molar-refractivity contribution in [3.05, 3.63) is 76.0 Å². The number of benzene rings is 2. The highest BCUT2D eigenvalue weighted by Gasteiger charge is 2.27. The van der Waals surface area contributed by atoms with Gasteiger partial charge in [0, 0.05) is 40.6 Å². The number of H-pyrrole nitrogens is 1. The van der Waals surface area contributed by atoms with Crippen molar-refractivity contribution in [1.29, 1.82) is 0 Å². The first-order valence-electron chi connectivity index (χ1n) is 10.5. The van der Waals surface area contributed by atoms with E-state index in [-0.39, 0.29) is 11.8 Å². The van der Waals surface area contributed by atoms with Crippen molar-refractivity contribution in [3.63, 3.8) is 0 Å². The maximum Gasteiger partial charge on any atom is 0.253 e. The standard InChI is InChI=1S/C24H24N4OS2/c1-16-25-19(14-30-16)15-31-20-10-8-17(9-11-20)24(29)28-12-4-5-18(13-28)23-26-21-6-2-3-7-22(21)27-23/h2-3,6-11,14,18H,4-5,12-13,15H2,1H3,(H,26,27). The summed E-state index contributed by atoms with van der Waals surface area (Å²) in [5, 5.41) is 3.20. The number of aromatic amines is 1. The van der Waals surface area contributed by atoms with Crippen molar-refractivity contribution in [2.45, 2.75) is 36.3 Å². The maximum atomic E-state index is 13.1. The molecule has 0 bridgehead atoms. The molecule has 1 amide bonds. The van der Waals surface area contributed by atoms with E-state index in [2.05, 4.69) is 15.3 Å². The third kappa shape index (κ3) is 4.52. The van der Waals surface area contributed by atoms with Crippen LogP contribution in [0.25, 0.3) is 11.0 Å². The Bertz CT molecular complexity index is 1160. The van der Waals surface area contributed by atoms with Crippen LogP contribution in [0.15, 0.2) is 58.8 Å². The zero-order valence-corrected chi connectivity index (χ0v) is 19.0. The molecule has 1 atom stereocenters. The summed E-state index contributed by atoms with van der Waals surface area (Å²) < 4.78 is 0. The highest BCUT2D eigenvalue weighted by atomic mass is 32.2.